The summed E-state index contributed by atoms with van der Waals surface area (Å²) >= 11 is 3.32. The van der Waals surface area contributed by atoms with Crippen LogP contribution in [0, 0.1) is 0 Å². The van der Waals surface area contributed by atoms with Crippen molar-refractivity contribution in [2.24, 2.45) is 7.05 Å². The van der Waals surface area contributed by atoms with Crippen molar-refractivity contribution in [3.8, 4) is 0 Å². The van der Waals surface area contributed by atoms with Crippen LogP contribution in [0.4, 0.5) is 5.69 Å². The molecule has 0 saturated carbocycles. The normalized spacial score (nSPS) is 14.2. The maximum absolute atomic E-state index is 12.7. The maximum Gasteiger partial charge on any atom is 0.274 e. The van der Waals surface area contributed by atoms with Crippen LogP contribution in [0.2, 0.25) is 0 Å². The number of anilines is 1. The number of nitrogens with one attached hydrogen (secondary N) is 1. The Morgan fingerprint density at radius 3 is 2.35 bits per heavy atom. The van der Waals surface area contributed by atoms with Crippen LogP contribution in [0.3, 0.4) is 0 Å². The Balaban J connectivity index is 1.86. The van der Waals surface area contributed by atoms with Gasteiger partial charge >= 0.3 is 0 Å². The third kappa shape index (κ3) is 4.04. The molecule has 136 valence electrons. The summed E-state index contributed by atoms with van der Waals surface area (Å²) in [7, 11) is 1.57. The van der Waals surface area contributed by atoms with Gasteiger partial charge in [-0.25, -0.2) is 0 Å². The van der Waals surface area contributed by atoms with Gasteiger partial charge in [0.25, 0.3) is 17.4 Å². The van der Waals surface area contributed by atoms with Gasteiger partial charge in [-0.3, -0.25) is 14.4 Å². The molecule has 0 atom stereocenters. The van der Waals surface area contributed by atoms with Gasteiger partial charge in [0, 0.05) is 36.4 Å². The van der Waals surface area contributed by atoms with E-state index in [2.05, 4.69) is 21.2 Å². The summed E-state index contributed by atoms with van der Waals surface area (Å²) in [5.74, 6) is -0.503. The van der Waals surface area contributed by atoms with Gasteiger partial charge in [-0.2, -0.15) is 0 Å². The Hall–Kier alpha value is -2.41. The van der Waals surface area contributed by atoms with Crippen LogP contribution in [0.1, 0.15) is 40.0 Å². The van der Waals surface area contributed by atoms with Gasteiger partial charge < -0.3 is 14.8 Å². The molecule has 2 heterocycles. The molecule has 2 aromatic rings. The standard InChI is InChI=1S/C19H20BrN3O3/c1-22-12-14(18(25)23-9-3-2-4-10-23)11-16(19(22)26)21-17(24)13-5-7-15(20)8-6-13/h5-8,11-12H,2-4,9-10H2,1H3,(H,21,24). The lowest BCUT2D eigenvalue weighted by molar-refractivity contribution is 0.0723. The SMILES string of the molecule is Cn1cc(C(=O)N2CCCCC2)cc(NC(=O)c2ccc(Br)cc2)c1=O. The van der Waals surface area contributed by atoms with Gasteiger partial charge in [0.05, 0.1) is 5.56 Å². The van der Waals surface area contributed by atoms with Crippen molar-refractivity contribution < 1.29 is 9.59 Å². The summed E-state index contributed by atoms with van der Waals surface area (Å²) in [6.45, 7) is 1.45. The highest BCUT2D eigenvalue weighted by Gasteiger charge is 2.20. The fourth-order valence-electron chi connectivity index (χ4n) is 2.99. The second kappa shape index (κ2) is 7.86. The average molecular weight is 418 g/mol. The van der Waals surface area contributed by atoms with Crippen LogP contribution < -0.4 is 10.9 Å². The number of benzene rings is 1. The Labute approximate surface area is 159 Å². The molecule has 3 rings (SSSR count). The number of pyridine rings is 1. The molecule has 0 aliphatic carbocycles. The topological polar surface area (TPSA) is 71.4 Å². The van der Waals surface area contributed by atoms with Crippen molar-refractivity contribution in [2.75, 3.05) is 18.4 Å². The monoisotopic (exact) mass is 417 g/mol. The molecule has 26 heavy (non-hydrogen) atoms. The highest BCUT2D eigenvalue weighted by atomic mass is 79.9. The average Bonchev–Trinajstić information content (AvgIpc) is 2.65. The number of piperidine rings is 1. The van der Waals surface area contributed by atoms with E-state index in [0.29, 0.717) is 11.1 Å². The Morgan fingerprint density at radius 2 is 1.69 bits per heavy atom. The minimum atomic E-state index is -0.392. The van der Waals surface area contributed by atoms with E-state index >= 15 is 0 Å². The summed E-state index contributed by atoms with van der Waals surface area (Å²) in [5.41, 5.74) is 0.581. The van der Waals surface area contributed by atoms with E-state index in [9.17, 15) is 14.4 Å². The Morgan fingerprint density at radius 1 is 1.04 bits per heavy atom. The van der Waals surface area contributed by atoms with Gasteiger partial charge in [0.2, 0.25) is 0 Å². The molecular formula is C19H20BrN3O3. The van der Waals surface area contributed by atoms with E-state index in [4.69, 9.17) is 0 Å². The summed E-state index contributed by atoms with van der Waals surface area (Å²) in [6, 6.07) is 8.29. The number of hydrogen-bond donors (Lipinski definition) is 1. The number of hydrogen-bond acceptors (Lipinski definition) is 3. The third-order valence-corrected chi connectivity index (χ3v) is 4.96. The molecule has 1 N–H and O–H groups in total. The number of halogens is 1. The number of nitrogens with zero attached hydrogens (tertiary/aromatic N) is 2. The molecule has 0 bridgehead atoms. The molecule has 1 aliphatic rings. The number of aryl methyl sites for hydroxylation is 1. The van der Waals surface area contributed by atoms with Crippen molar-refractivity contribution in [1.82, 2.24) is 9.47 Å². The predicted octanol–water partition coefficient (Wildman–Crippen LogP) is 3.03. The fourth-order valence-corrected chi connectivity index (χ4v) is 3.26. The molecule has 1 aromatic heterocycles. The van der Waals surface area contributed by atoms with E-state index in [1.165, 1.54) is 16.8 Å². The van der Waals surface area contributed by atoms with E-state index in [1.54, 1.807) is 36.2 Å². The van der Waals surface area contributed by atoms with Crippen molar-refractivity contribution in [1.29, 1.82) is 0 Å². The van der Waals surface area contributed by atoms with Gasteiger partial charge in [-0.1, -0.05) is 15.9 Å². The van der Waals surface area contributed by atoms with Gasteiger partial charge in [0.1, 0.15) is 5.69 Å². The predicted molar refractivity (Wildman–Crippen MR) is 104 cm³/mol. The Kier molecular flexibility index (Phi) is 5.56. The van der Waals surface area contributed by atoms with Crippen LogP contribution >= 0.6 is 15.9 Å². The minimum Gasteiger partial charge on any atom is -0.339 e. The Bertz CT molecular complexity index is 884. The van der Waals surface area contributed by atoms with Gasteiger partial charge in [-0.15, -0.1) is 0 Å². The van der Waals surface area contributed by atoms with E-state index in [0.717, 1.165) is 36.8 Å². The zero-order valence-corrected chi connectivity index (χ0v) is 16.1. The zero-order valence-electron chi connectivity index (χ0n) is 14.5. The summed E-state index contributed by atoms with van der Waals surface area (Å²) < 4.78 is 2.19. The van der Waals surface area contributed by atoms with Crippen LogP contribution in [0.5, 0.6) is 0 Å². The maximum atomic E-state index is 12.7. The zero-order chi connectivity index (χ0) is 18.7. The van der Waals surface area contributed by atoms with Crippen LogP contribution in [0.15, 0.2) is 45.8 Å². The summed E-state index contributed by atoms with van der Waals surface area (Å²) in [6.07, 6.45) is 4.63. The summed E-state index contributed by atoms with van der Waals surface area (Å²) in [4.78, 5) is 39.3. The van der Waals surface area contributed by atoms with Crippen molar-refractivity contribution in [2.45, 2.75) is 19.3 Å². The van der Waals surface area contributed by atoms with Crippen LogP contribution in [-0.2, 0) is 7.05 Å². The largest absolute Gasteiger partial charge is 0.339 e. The van der Waals surface area contributed by atoms with Crippen molar-refractivity contribution in [3.63, 3.8) is 0 Å². The molecule has 2 amide bonds. The highest BCUT2D eigenvalue weighted by Crippen LogP contribution is 2.16. The lowest BCUT2D eigenvalue weighted by Crippen LogP contribution is -2.36. The highest BCUT2D eigenvalue weighted by molar-refractivity contribution is 9.10. The summed E-state index contributed by atoms with van der Waals surface area (Å²) in [5, 5.41) is 2.63. The van der Waals surface area contributed by atoms with Crippen LogP contribution in [0.25, 0.3) is 0 Å². The smallest absolute Gasteiger partial charge is 0.274 e. The molecule has 1 fully saturated rings. The lowest BCUT2D eigenvalue weighted by Gasteiger charge is -2.27. The second-order valence-corrected chi connectivity index (χ2v) is 7.29. The number of likely N-dealkylation sites (tertiary alicyclic amines) is 1. The molecular weight excluding hydrogens is 398 g/mol. The van der Waals surface area contributed by atoms with Gasteiger partial charge in [0.15, 0.2) is 0 Å². The molecule has 7 heteroatoms. The first kappa shape index (κ1) is 18.4. The molecule has 1 saturated heterocycles. The minimum absolute atomic E-state index is 0.100. The number of carbonyl (C=O) groups is 2. The van der Waals surface area contributed by atoms with E-state index in [1.807, 2.05) is 0 Å². The number of carbonyl (C=O) groups excluding carboxylic acids is 2. The molecule has 6 nitrogen and oxygen atoms in total. The van der Waals surface area contributed by atoms with E-state index in [-0.39, 0.29) is 17.2 Å². The second-order valence-electron chi connectivity index (χ2n) is 6.37. The molecule has 0 unspecified atom stereocenters. The molecule has 1 aliphatic heterocycles. The number of aromatic nitrogens is 1. The first-order valence-corrected chi connectivity index (χ1v) is 9.32. The van der Waals surface area contributed by atoms with Crippen LogP contribution in [-0.4, -0.2) is 34.4 Å². The fraction of sp³-hybridized carbons (Fsp3) is 0.316. The quantitative estimate of drug-likeness (QED) is 0.833. The first-order chi connectivity index (χ1) is 12.5. The number of amides is 2. The van der Waals surface area contributed by atoms with Crippen molar-refractivity contribution >= 4 is 33.4 Å². The first-order valence-electron chi connectivity index (χ1n) is 8.52. The third-order valence-electron chi connectivity index (χ3n) is 4.43. The van der Waals surface area contributed by atoms with E-state index < -0.39 is 5.91 Å². The lowest BCUT2D eigenvalue weighted by atomic mass is 10.1. The molecule has 0 radical (unpaired) electrons. The molecule has 1 aromatic carbocycles. The number of rotatable bonds is 3. The van der Waals surface area contributed by atoms with Gasteiger partial charge in [-0.05, 0) is 49.6 Å². The van der Waals surface area contributed by atoms with Crippen molar-refractivity contribution in [3.05, 3.63) is 62.5 Å². The molecule has 0 spiro atoms.